The predicted molar refractivity (Wildman–Crippen MR) is 124 cm³/mol. The Bertz CT molecular complexity index is 845. The number of benzene rings is 3. The van der Waals surface area contributed by atoms with E-state index in [1.54, 1.807) is 0 Å². The second-order valence-electron chi connectivity index (χ2n) is 7.19. The number of hydrogen-bond donors (Lipinski definition) is 1. The van der Waals surface area contributed by atoms with E-state index in [4.69, 9.17) is 4.74 Å². The first-order valence-corrected chi connectivity index (χ1v) is 12.2. The average molecular weight is 466 g/mol. The molecule has 4 heteroatoms. The molecule has 3 aromatic carbocycles. The maximum atomic E-state index is 13.1. The van der Waals surface area contributed by atoms with E-state index in [1.807, 2.05) is 37.3 Å². The fourth-order valence-corrected chi connectivity index (χ4v) is 6.07. The Kier molecular flexibility index (Phi) is 8.70. The van der Waals surface area contributed by atoms with Crippen molar-refractivity contribution in [1.29, 1.82) is 0 Å². The molecule has 0 bridgehead atoms. The van der Waals surface area contributed by atoms with Gasteiger partial charge < -0.3 is 0 Å². The molecule has 0 aliphatic carbocycles. The van der Waals surface area contributed by atoms with Crippen LogP contribution in [0.25, 0.3) is 0 Å². The second kappa shape index (κ2) is 11.7. The number of hydrogen-bond acceptors (Lipinski definition) is 3. The van der Waals surface area contributed by atoms with Crippen LogP contribution >= 0.6 is 0 Å². The first kappa shape index (κ1) is 22.3. The Hall–Kier alpha value is -2.39. The summed E-state index contributed by atoms with van der Waals surface area (Å²) in [6.07, 6.45) is 0.827. The van der Waals surface area contributed by atoms with Crippen LogP contribution in [-0.2, 0) is 16.0 Å². The Morgan fingerprint density at radius 1 is 0.900 bits per heavy atom. The summed E-state index contributed by atoms with van der Waals surface area (Å²) < 4.78 is 6.79. The van der Waals surface area contributed by atoms with E-state index in [2.05, 4.69) is 72.9 Å². The van der Waals surface area contributed by atoms with Crippen LogP contribution in [0, 0.1) is 0 Å². The van der Waals surface area contributed by atoms with Gasteiger partial charge in [-0.15, -0.1) is 0 Å². The summed E-state index contributed by atoms with van der Waals surface area (Å²) >= 11 is 0.109. The van der Waals surface area contributed by atoms with E-state index in [1.165, 1.54) is 10.0 Å². The molecule has 0 saturated heterocycles. The molecule has 0 aliphatic rings. The number of carbonyl (C=O) groups excluding carboxylic acids is 1. The van der Waals surface area contributed by atoms with Crippen LogP contribution in [0.5, 0.6) is 0 Å². The van der Waals surface area contributed by atoms with Crippen LogP contribution in [0.1, 0.15) is 31.0 Å². The van der Waals surface area contributed by atoms with Gasteiger partial charge in [-0.05, 0) is 0 Å². The van der Waals surface area contributed by atoms with Crippen molar-refractivity contribution in [2.75, 3.05) is 6.61 Å². The molecule has 3 rings (SSSR count). The molecule has 2 unspecified atom stereocenters. The third-order valence-electron chi connectivity index (χ3n) is 4.95. The zero-order valence-corrected chi connectivity index (χ0v) is 19.2. The van der Waals surface area contributed by atoms with Gasteiger partial charge in [0.2, 0.25) is 0 Å². The zero-order valence-electron chi connectivity index (χ0n) is 17.5. The molecule has 0 aromatic heterocycles. The molecule has 0 amide bonds. The number of esters is 1. The fourth-order valence-electron chi connectivity index (χ4n) is 3.41. The maximum absolute atomic E-state index is 13.1. The Labute approximate surface area is 186 Å². The molecule has 30 heavy (non-hydrogen) atoms. The molecular weight excluding hydrogens is 437 g/mol. The SMILES string of the molecule is CCOC(=O)C(N[C@@H](C)c1ccccc1)C(Cc1ccccc1)[Se]c1ccccc1. The van der Waals surface area contributed by atoms with E-state index in [9.17, 15) is 4.79 Å². The van der Waals surface area contributed by atoms with Crippen molar-refractivity contribution in [3.63, 3.8) is 0 Å². The minimum absolute atomic E-state index is 0.0467. The van der Waals surface area contributed by atoms with Crippen LogP contribution < -0.4 is 9.78 Å². The third-order valence-corrected chi connectivity index (χ3v) is 7.65. The number of rotatable bonds is 10. The topological polar surface area (TPSA) is 38.3 Å². The van der Waals surface area contributed by atoms with Gasteiger partial charge in [-0.25, -0.2) is 0 Å². The van der Waals surface area contributed by atoms with Crippen molar-refractivity contribution in [3.05, 3.63) is 102 Å². The fraction of sp³-hybridized carbons (Fsp3) is 0.269. The van der Waals surface area contributed by atoms with Crippen LogP contribution in [0.3, 0.4) is 0 Å². The Morgan fingerprint density at radius 3 is 2.07 bits per heavy atom. The normalized spacial score (nSPS) is 13.9. The average Bonchev–Trinajstić information content (AvgIpc) is 2.79. The summed E-state index contributed by atoms with van der Waals surface area (Å²) in [5.41, 5.74) is 2.40. The van der Waals surface area contributed by atoms with Gasteiger partial charge in [0.1, 0.15) is 0 Å². The predicted octanol–water partition coefficient (Wildman–Crippen LogP) is 4.33. The van der Waals surface area contributed by atoms with E-state index in [-0.39, 0.29) is 37.8 Å². The molecule has 3 atom stereocenters. The summed E-state index contributed by atoms with van der Waals surface area (Å²) in [6.45, 7) is 4.36. The standard InChI is InChI=1S/C26H29NO2Se/c1-3-29-26(28)25(27-20(2)22-15-9-5-10-16-22)24(19-21-13-7-4-8-14-21)30-23-17-11-6-12-18-23/h4-18,20,24-25,27H,3,19H2,1-2H3/t20-,24?,25?/m0/s1. The van der Waals surface area contributed by atoms with Gasteiger partial charge in [0.15, 0.2) is 0 Å². The van der Waals surface area contributed by atoms with Crippen molar-refractivity contribution in [2.24, 2.45) is 0 Å². The molecular formula is C26H29NO2Se. The molecule has 0 aliphatic heterocycles. The number of ether oxygens (including phenoxy) is 1. The minimum atomic E-state index is -0.374. The van der Waals surface area contributed by atoms with Gasteiger partial charge in [0, 0.05) is 0 Å². The van der Waals surface area contributed by atoms with Crippen LogP contribution in [0.4, 0.5) is 0 Å². The quantitative estimate of drug-likeness (QED) is 0.357. The van der Waals surface area contributed by atoms with E-state index in [0.29, 0.717) is 6.61 Å². The van der Waals surface area contributed by atoms with E-state index in [0.717, 1.165) is 12.0 Å². The molecule has 1 N–H and O–H groups in total. The van der Waals surface area contributed by atoms with Crippen LogP contribution in [0.15, 0.2) is 91.0 Å². The molecule has 3 nitrogen and oxygen atoms in total. The van der Waals surface area contributed by atoms with E-state index < -0.39 is 0 Å². The molecule has 0 radical (unpaired) electrons. The summed E-state index contributed by atoms with van der Waals surface area (Å²) in [6, 6.07) is 30.8. The van der Waals surface area contributed by atoms with Gasteiger partial charge >= 0.3 is 186 Å². The third kappa shape index (κ3) is 6.56. The molecule has 0 heterocycles. The van der Waals surface area contributed by atoms with Crippen LogP contribution in [0.2, 0.25) is 4.82 Å². The van der Waals surface area contributed by atoms with Gasteiger partial charge in [-0.3, -0.25) is 0 Å². The van der Waals surface area contributed by atoms with Gasteiger partial charge in [-0.2, -0.15) is 0 Å². The second-order valence-corrected chi connectivity index (χ2v) is 9.94. The van der Waals surface area contributed by atoms with Gasteiger partial charge in [0.05, 0.1) is 0 Å². The van der Waals surface area contributed by atoms with Crippen molar-refractivity contribution < 1.29 is 9.53 Å². The van der Waals surface area contributed by atoms with Crippen molar-refractivity contribution in [1.82, 2.24) is 5.32 Å². The first-order chi connectivity index (χ1) is 14.7. The summed E-state index contributed by atoms with van der Waals surface area (Å²) in [7, 11) is 0. The molecule has 3 aromatic rings. The molecule has 0 spiro atoms. The Balaban J connectivity index is 1.88. The van der Waals surface area contributed by atoms with E-state index >= 15 is 0 Å². The van der Waals surface area contributed by atoms with Crippen molar-refractivity contribution in [2.45, 2.75) is 37.2 Å². The monoisotopic (exact) mass is 467 g/mol. The first-order valence-electron chi connectivity index (χ1n) is 10.4. The van der Waals surface area contributed by atoms with Crippen molar-refractivity contribution in [3.8, 4) is 0 Å². The number of carbonyl (C=O) groups is 1. The van der Waals surface area contributed by atoms with Gasteiger partial charge in [0.25, 0.3) is 0 Å². The number of nitrogens with one attached hydrogen (secondary N) is 1. The molecule has 0 fully saturated rings. The summed E-state index contributed by atoms with van der Waals surface area (Å²) in [5.74, 6) is -0.168. The van der Waals surface area contributed by atoms with Crippen molar-refractivity contribution >= 4 is 25.4 Å². The van der Waals surface area contributed by atoms with Crippen LogP contribution in [-0.4, -0.2) is 33.6 Å². The Morgan fingerprint density at radius 2 is 1.47 bits per heavy atom. The molecule has 0 saturated carbocycles. The summed E-state index contributed by atoms with van der Waals surface area (Å²) in [5, 5.41) is 3.60. The summed E-state index contributed by atoms with van der Waals surface area (Å²) in [4.78, 5) is 13.2. The van der Waals surface area contributed by atoms with Gasteiger partial charge in [-0.1, -0.05) is 0 Å². The zero-order chi connectivity index (χ0) is 21.2. The molecule has 156 valence electrons.